The minimum Gasteiger partial charge on any atom is -0.381 e. The van der Waals surface area contributed by atoms with Crippen LogP contribution in [0.4, 0.5) is 0 Å². The van der Waals surface area contributed by atoms with Crippen LogP contribution < -0.4 is 0 Å². The number of ether oxygens (including phenoxy) is 1. The van der Waals surface area contributed by atoms with Crippen molar-refractivity contribution < 1.29 is 14.3 Å². The molecule has 0 saturated heterocycles. The first-order valence-electron chi connectivity index (χ1n) is 2.98. The molecule has 0 atom stereocenters. The van der Waals surface area contributed by atoms with E-state index in [2.05, 4.69) is 4.74 Å². The quantitative estimate of drug-likeness (QED) is 0.463. The Morgan fingerprint density at radius 1 is 1.27 bits per heavy atom. The molecule has 0 aliphatic heterocycles. The third kappa shape index (κ3) is 1.89. The molecule has 0 aliphatic carbocycles. The largest absolute Gasteiger partial charge is 0.425 e. The summed E-state index contributed by atoms with van der Waals surface area (Å²) in [7, 11) is 0. The first-order valence-corrected chi connectivity index (χ1v) is 2.98. The Kier molecular flexibility index (Phi) is 2.38. The van der Waals surface area contributed by atoms with E-state index < -0.39 is 5.97 Å². The van der Waals surface area contributed by atoms with Crippen LogP contribution in [0.3, 0.4) is 0 Å². The van der Waals surface area contributed by atoms with Crippen LogP contribution in [0.5, 0.6) is 0 Å². The zero-order chi connectivity index (χ0) is 8.10. The smallest absolute Gasteiger partial charge is 0.381 e. The van der Waals surface area contributed by atoms with E-state index in [-0.39, 0.29) is 0 Å². The summed E-state index contributed by atoms with van der Waals surface area (Å²) in [5, 5.41) is 0. The standard InChI is InChI=1S/C8H5O3/c9-6-11-8(10)7-4-2-1-3-5-7/h1-5H. The van der Waals surface area contributed by atoms with Gasteiger partial charge in [0.1, 0.15) is 0 Å². The summed E-state index contributed by atoms with van der Waals surface area (Å²) in [4.78, 5) is 20.4. The number of hydrogen-bond donors (Lipinski definition) is 0. The molecule has 1 rings (SSSR count). The summed E-state index contributed by atoms with van der Waals surface area (Å²) < 4.78 is 3.98. The zero-order valence-corrected chi connectivity index (χ0v) is 5.61. The molecule has 0 aliphatic rings. The Morgan fingerprint density at radius 2 is 1.91 bits per heavy atom. The average molecular weight is 149 g/mol. The summed E-state index contributed by atoms with van der Waals surface area (Å²) >= 11 is 0. The Labute approximate surface area is 63.6 Å². The van der Waals surface area contributed by atoms with Crippen molar-refractivity contribution in [2.75, 3.05) is 0 Å². The van der Waals surface area contributed by atoms with Crippen LogP contribution in [0.2, 0.25) is 0 Å². The molecule has 0 saturated carbocycles. The number of benzene rings is 1. The molecule has 0 spiro atoms. The maximum atomic E-state index is 10.8. The second kappa shape index (κ2) is 3.51. The van der Waals surface area contributed by atoms with Gasteiger partial charge in [-0.2, -0.15) is 0 Å². The molecular formula is C8H5O3. The number of hydrogen-bond acceptors (Lipinski definition) is 3. The van der Waals surface area contributed by atoms with Crippen LogP contribution in [-0.2, 0) is 9.53 Å². The molecule has 0 fully saturated rings. The Morgan fingerprint density at radius 3 is 2.45 bits per heavy atom. The highest BCUT2D eigenvalue weighted by molar-refractivity contribution is 5.92. The molecule has 11 heavy (non-hydrogen) atoms. The Hall–Kier alpha value is -1.64. The van der Waals surface area contributed by atoms with Gasteiger partial charge >= 0.3 is 12.4 Å². The second-order valence-corrected chi connectivity index (χ2v) is 1.84. The highest BCUT2D eigenvalue weighted by Crippen LogP contribution is 1.99. The number of carbonyl (C=O) groups is 1. The van der Waals surface area contributed by atoms with Crippen LogP contribution >= 0.6 is 0 Å². The van der Waals surface area contributed by atoms with Crippen molar-refractivity contribution in [2.24, 2.45) is 0 Å². The molecule has 0 N–H and O–H groups in total. The number of carbonyl (C=O) groups excluding carboxylic acids is 2. The van der Waals surface area contributed by atoms with E-state index in [4.69, 9.17) is 0 Å². The predicted molar refractivity (Wildman–Crippen MR) is 37.6 cm³/mol. The van der Waals surface area contributed by atoms with Crippen molar-refractivity contribution in [3.05, 3.63) is 35.9 Å². The van der Waals surface area contributed by atoms with E-state index in [0.717, 1.165) is 6.47 Å². The monoisotopic (exact) mass is 149 g/mol. The van der Waals surface area contributed by atoms with E-state index in [9.17, 15) is 9.59 Å². The fraction of sp³-hybridized carbons (Fsp3) is 0. The molecule has 0 bridgehead atoms. The predicted octanol–water partition coefficient (Wildman–Crippen LogP) is 0.911. The maximum Gasteiger partial charge on any atom is 0.425 e. The van der Waals surface area contributed by atoms with Crippen molar-refractivity contribution in [1.29, 1.82) is 0 Å². The van der Waals surface area contributed by atoms with Crippen LogP contribution in [-0.4, -0.2) is 12.4 Å². The highest BCUT2D eigenvalue weighted by atomic mass is 16.6. The van der Waals surface area contributed by atoms with Gasteiger partial charge in [-0.15, -0.1) is 0 Å². The number of rotatable bonds is 2. The average Bonchev–Trinajstić information content (AvgIpc) is 2.07. The van der Waals surface area contributed by atoms with E-state index in [1.54, 1.807) is 30.3 Å². The molecule has 0 heterocycles. The molecule has 1 aromatic rings. The van der Waals surface area contributed by atoms with E-state index >= 15 is 0 Å². The molecular weight excluding hydrogens is 144 g/mol. The van der Waals surface area contributed by atoms with Gasteiger partial charge in [0, 0.05) is 0 Å². The molecule has 3 heteroatoms. The molecule has 55 valence electrons. The summed E-state index contributed by atoms with van der Waals surface area (Å²) in [6.07, 6.45) is 0. The van der Waals surface area contributed by atoms with Gasteiger partial charge in [0.2, 0.25) is 0 Å². The summed E-state index contributed by atoms with van der Waals surface area (Å²) in [6.45, 7) is 1.07. The molecule has 3 nitrogen and oxygen atoms in total. The fourth-order valence-corrected chi connectivity index (χ4v) is 0.671. The second-order valence-electron chi connectivity index (χ2n) is 1.84. The molecule has 1 aromatic carbocycles. The van der Waals surface area contributed by atoms with Gasteiger partial charge in [0.15, 0.2) is 0 Å². The normalized spacial score (nSPS) is 8.73. The van der Waals surface area contributed by atoms with Crippen molar-refractivity contribution >= 4 is 12.4 Å². The summed E-state index contributed by atoms with van der Waals surface area (Å²) in [5.41, 5.74) is 0.343. The summed E-state index contributed by atoms with van der Waals surface area (Å²) in [5.74, 6) is -0.680. The molecule has 0 amide bonds. The first kappa shape index (κ1) is 7.47. The lowest BCUT2D eigenvalue weighted by Gasteiger charge is -1.93. The third-order valence-electron chi connectivity index (χ3n) is 1.14. The zero-order valence-electron chi connectivity index (χ0n) is 5.61. The van der Waals surface area contributed by atoms with E-state index in [0.29, 0.717) is 5.56 Å². The molecule has 1 radical (unpaired) electrons. The maximum absolute atomic E-state index is 10.8. The minimum atomic E-state index is -0.680. The first-order chi connectivity index (χ1) is 5.34. The van der Waals surface area contributed by atoms with Crippen LogP contribution in [0.15, 0.2) is 30.3 Å². The van der Waals surface area contributed by atoms with Crippen molar-refractivity contribution in [1.82, 2.24) is 0 Å². The lowest BCUT2D eigenvalue weighted by Crippen LogP contribution is -2.02. The topological polar surface area (TPSA) is 43.4 Å². The third-order valence-corrected chi connectivity index (χ3v) is 1.14. The number of esters is 1. The van der Waals surface area contributed by atoms with Crippen molar-refractivity contribution in [3.63, 3.8) is 0 Å². The van der Waals surface area contributed by atoms with Gasteiger partial charge in [-0.3, -0.25) is 0 Å². The molecule has 0 aromatic heterocycles. The fourth-order valence-electron chi connectivity index (χ4n) is 0.671. The van der Waals surface area contributed by atoms with Crippen LogP contribution in [0.25, 0.3) is 0 Å². The minimum absolute atomic E-state index is 0.343. The lowest BCUT2D eigenvalue weighted by molar-refractivity contribution is 0.0710. The SMILES string of the molecule is O=[C]OC(=O)c1ccccc1. The van der Waals surface area contributed by atoms with Gasteiger partial charge in [0.05, 0.1) is 5.56 Å². The molecule has 0 unspecified atom stereocenters. The van der Waals surface area contributed by atoms with Gasteiger partial charge in [-0.05, 0) is 12.1 Å². The van der Waals surface area contributed by atoms with Crippen molar-refractivity contribution in [3.8, 4) is 0 Å². The van der Waals surface area contributed by atoms with E-state index in [1.165, 1.54) is 0 Å². The Balaban J connectivity index is 2.77. The lowest BCUT2D eigenvalue weighted by atomic mass is 10.2. The Bertz CT molecular complexity index is 253. The summed E-state index contributed by atoms with van der Waals surface area (Å²) in [6, 6.07) is 8.24. The van der Waals surface area contributed by atoms with Crippen molar-refractivity contribution in [2.45, 2.75) is 0 Å². The highest BCUT2D eigenvalue weighted by Gasteiger charge is 2.04. The van der Waals surface area contributed by atoms with Gasteiger partial charge < -0.3 is 4.74 Å². The van der Waals surface area contributed by atoms with Crippen LogP contribution in [0.1, 0.15) is 10.4 Å². The van der Waals surface area contributed by atoms with Gasteiger partial charge in [-0.25, -0.2) is 9.59 Å². The van der Waals surface area contributed by atoms with Gasteiger partial charge in [0.25, 0.3) is 0 Å². The van der Waals surface area contributed by atoms with Crippen LogP contribution in [0, 0.1) is 0 Å². The van der Waals surface area contributed by atoms with E-state index in [1.807, 2.05) is 0 Å². The van der Waals surface area contributed by atoms with Gasteiger partial charge in [-0.1, -0.05) is 18.2 Å².